The molecule has 2 aliphatic rings. The van der Waals surface area contributed by atoms with Crippen LogP contribution in [0.1, 0.15) is 51.9 Å². The van der Waals surface area contributed by atoms with Crippen LogP contribution < -0.4 is 0 Å². The summed E-state index contributed by atoms with van der Waals surface area (Å²) >= 11 is 0. The molecular weight excluding hydrogens is 261 g/mol. The van der Waals surface area contributed by atoms with Crippen molar-refractivity contribution in [3.8, 4) is 0 Å². The molecular formula is C17H23F3. The van der Waals surface area contributed by atoms with Gasteiger partial charge in [0.15, 0.2) is 5.83 Å². The Balaban J connectivity index is 2.55. The summed E-state index contributed by atoms with van der Waals surface area (Å²) in [6.07, 6.45) is 11.0. The second-order valence-corrected chi connectivity index (χ2v) is 6.11. The first-order valence-corrected chi connectivity index (χ1v) is 7.53. The Morgan fingerprint density at radius 1 is 1.25 bits per heavy atom. The van der Waals surface area contributed by atoms with Crippen LogP contribution in [0.3, 0.4) is 0 Å². The Kier molecular flexibility index (Phi) is 4.17. The fourth-order valence-electron chi connectivity index (χ4n) is 4.19. The summed E-state index contributed by atoms with van der Waals surface area (Å²) < 4.78 is 43.2. The quantitative estimate of drug-likeness (QED) is 0.558. The molecule has 1 fully saturated rings. The molecule has 0 saturated heterocycles. The van der Waals surface area contributed by atoms with Gasteiger partial charge in [0, 0.05) is 0 Å². The first kappa shape index (κ1) is 15.4. The van der Waals surface area contributed by atoms with Crippen molar-refractivity contribution in [1.82, 2.24) is 0 Å². The van der Waals surface area contributed by atoms with E-state index in [1.165, 1.54) is 18.2 Å². The van der Waals surface area contributed by atoms with Gasteiger partial charge in [-0.25, -0.2) is 4.39 Å². The van der Waals surface area contributed by atoms with Gasteiger partial charge in [-0.05, 0) is 30.8 Å². The maximum Gasteiger partial charge on any atom is 0.311 e. The molecule has 0 heterocycles. The molecule has 3 heteroatoms. The molecule has 0 aromatic rings. The van der Waals surface area contributed by atoms with Crippen LogP contribution in [0.5, 0.6) is 0 Å². The predicted molar refractivity (Wildman–Crippen MR) is 76.3 cm³/mol. The number of allylic oxidation sites excluding steroid dienone is 5. The molecule has 0 N–H and O–H groups in total. The van der Waals surface area contributed by atoms with E-state index in [2.05, 4.69) is 6.58 Å². The van der Waals surface area contributed by atoms with Crippen LogP contribution in [-0.2, 0) is 0 Å². The van der Waals surface area contributed by atoms with E-state index < -0.39 is 22.6 Å². The van der Waals surface area contributed by atoms with Crippen LogP contribution in [0.15, 0.2) is 36.7 Å². The van der Waals surface area contributed by atoms with Crippen molar-refractivity contribution in [2.24, 2.45) is 10.8 Å². The van der Waals surface area contributed by atoms with Crippen molar-refractivity contribution in [3.63, 3.8) is 0 Å². The maximum atomic E-state index is 14.7. The number of halogens is 3. The number of alkyl halides is 2. The van der Waals surface area contributed by atoms with Gasteiger partial charge in [-0.2, -0.15) is 8.78 Å². The second kappa shape index (κ2) is 5.42. The van der Waals surface area contributed by atoms with Crippen molar-refractivity contribution in [2.45, 2.75) is 57.8 Å². The summed E-state index contributed by atoms with van der Waals surface area (Å²) in [6, 6.07) is 0. The SMILES string of the molecule is C=CC1(C2(CCC)CCCCC2)C=CC=C(F)C1(F)F. The molecule has 2 aliphatic carbocycles. The van der Waals surface area contributed by atoms with Crippen LogP contribution in [0.25, 0.3) is 0 Å². The minimum absolute atomic E-state index is 0.576. The molecule has 0 aromatic carbocycles. The Morgan fingerprint density at radius 2 is 1.90 bits per heavy atom. The van der Waals surface area contributed by atoms with E-state index in [0.29, 0.717) is 6.42 Å². The Hall–Kier alpha value is -0.990. The lowest BCUT2D eigenvalue weighted by molar-refractivity contribution is -0.134. The zero-order chi connectivity index (χ0) is 14.9. The second-order valence-electron chi connectivity index (χ2n) is 6.11. The van der Waals surface area contributed by atoms with Crippen LogP contribution in [-0.4, -0.2) is 5.92 Å². The molecule has 1 saturated carbocycles. The Bertz CT molecular complexity index is 422. The largest absolute Gasteiger partial charge is 0.311 e. The lowest BCUT2D eigenvalue weighted by atomic mass is 9.52. The predicted octanol–water partition coefficient (Wildman–Crippen LogP) is 5.97. The van der Waals surface area contributed by atoms with E-state index in [-0.39, 0.29) is 0 Å². The van der Waals surface area contributed by atoms with E-state index in [0.717, 1.165) is 44.6 Å². The van der Waals surface area contributed by atoms with E-state index in [1.54, 1.807) is 0 Å². The summed E-state index contributed by atoms with van der Waals surface area (Å²) in [7, 11) is 0. The molecule has 1 unspecified atom stereocenters. The highest BCUT2D eigenvalue weighted by Gasteiger charge is 2.64. The van der Waals surface area contributed by atoms with Gasteiger partial charge in [-0.3, -0.25) is 0 Å². The average Bonchev–Trinajstić information content (AvgIpc) is 2.43. The minimum Gasteiger partial charge on any atom is -0.205 e. The van der Waals surface area contributed by atoms with Gasteiger partial charge in [-0.15, -0.1) is 6.58 Å². The molecule has 2 rings (SSSR count). The Labute approximate surface area is 119 Å². The molecule has 0 aromatic heterocycles. The highest BCUT2D eigenvalue weighted by atomic mass is 19.3. The van der Waals surface area contributed by atoms with Crippen molar-refractivity contribution >= 4 is 0 Å². The molecule has 20 heavy (non-hydrogen) atoms. The molecule has 0 nitrogen and oxygen atoms in total. The highest BCUT2D eigenvalue weighted by molar-refractivity contribution is 5.36. The molecule has 0 amide bonds. The van der Waals surface area contributed by atoms with Crippen LogP contribution in [0.2, 0.25) is 0 Å². The van der Waals surface area contributed by atoms with Crippen LogP contribution >= 0.6 is 0 Å². The first-order valence-electron chi connectivity index (χ1n) is 7.53. The smallest absolute Gasteiger partial charge is 0.205 e. The summed E-state index contributed by atoms with van der Waals surface area (Å²) in [5, 5.41) is 0. The van der Waals surface area contributed by atoms with Crippen molar-refractivity contribution in [3.05, 3.63) is 36.7 Å². The summed E-state index contributed by atoms with van der Waals surface area (Å²) in [5.41, 5.74) is -2.16. The first-order chi connectivity index (χ1) is 9.46. The van der Waals surface area contributed by atoms with Crippen LogP contribution in [0.4, 0.5) is 13.2 Å². The fraction of sp³-hybridized carbons (Fsp3) is 0.647. The minimum atomic E-state index is -3.49. The van der Waals surface area contributed by atoms with E-state index in [9.17, 15) is 13.2 Å². The summed E-state index contributed by atoms with van der Waals surface area (Å²) in [5.74, 6) is -4.82. The number of rotatable bonds is 4. The van der Waals surface area contributed by atoms with Crippen molar-refractivity contribution in [2.75, 3.05) is 0 Å². The van der Waals surface area contributed by atoms with E-state index in [4.69, 9.17) is 0 Å². The standard InChI is InChI=1S/C17H23F3/c1-3-10-15(11-6-5-7-12-15)16(4-2)13-8-9-14(18)17(16,19)20/h4,8-9,13H,2-3,5-7,10-12H2,1H3. The average molecular weight is 284 g/mol. The van der Waals surface area contributed by atoms with Gasteiger partial charge in [-0.1, -0.05) is 50.8 Å². The topological polar surface area (TPSA) is 0 Å². The van der Waals surface area contributed by atoms with E-state index in [1.807, 2.05) is 6.92 Å². The highest BCUT2D eigenvalue weighted by Crippen LogP contribution is 2.63. The summed E-state index contributed by atoms with van der Waals surface area (Å²) in [6.45, 7) is 5.67. The van der Waals surface area contributed by atoms with Crippen molar-refractivity contribution in [1.29, 1.82) is 0 Å². The van der Waals surface area contributed by atoms with E-state index >= 15 is 0 Å². The fourth-order valence-corrected chi connectivity index (χ4v) is 4.19. The van der Waals surface area contributed by atoms with Crippen molar-refractivity contribution < 1.29 is 13.2 Å². The van der Waals surface area contributed by atoms with Gasteiger partial charge >= 0.3 is 5.92 Å². The molecule has 112 valence electrons. The van der Waals surface area contributed by atoms with Gasteiger partial charge in [0.25, 0.3) is 0 Å². The van der Waals surface area contributed by atoms with Gasteiger partial charge < -0.3 is 0 Å². The van der Waals surface area contributed by atoms with Gasteiger partial charge in [0.1, 0.15) is 0 Å². The Morgan fingerprint density at radius 3 is 2.45 bits per heavy atom. The lowest BCUT2D eigenvalue weighted by Crippen LogP contribution is -2.53. The number of hydrogen-bond donors (Lipinski definition) is 0. The monoisotopic (exact) mass is 284 g/mol. The molecule has 0 spiro atoms. The zero-order valence-corrected chi connectivity index (χ0v) is 12.1. The molecule has 1 atom stereocenters. The molecule has 0 aliphatic heterocycles. The third kappa shape index (κ3) is 1.97. The van der Waals surface area contributed by atoms with Gasteiger partial charge in [0.05, 0.1) is 5.41 Å². The third-order valence-corrected chi connectivity index (χ3v) is 5.16. The third-order valence-electron chi connectivity index (χ3n) is 5.16. The van der Waals surface area contributed by atoms with Gasteiger partial charge in [0.2, 0.25) is 0 Å². The lowest BCUT2D eigenvalue weighted by Gasteiger charge is -2.53. The maximum absolute atomic E-state index is 14.7. The molecule has 0 bridgehead atoms. The zero-order valence-electron chi connectivity index (χ0n) is 12.1. The number of hydrogen-bond acceptors (Lipinski definition) is 0. The molecule has 0 radical (unpaired) electrons. The normalized spacial score (nSPS) is 31.7. The van der Waals surface area contributed by atoms with Crippen LogP contribution in [0, 0.1) is 10.8 Å². The summed E-state index contributed by atoms with van der Waals surface area (Å²) in [4.78, 5) is 0.